The van der Waals surface area contributed by atoms with Gasteiger partial charge in [0, 0.05) is 19.6 Å². The Kier molecular flexibility index (Phi) is 4.62. The molecule has 1 amide bonds. The molecule has 1 aliphatic rings. The Hall–Kier alpha value is -1.89. The van der Waals surface area contributed by atoms with Crippen LogP contribution in [0, 0.1) is 5.92 Å². The molecular formula is C16H22ClN5O2. The van der Waals surface area contributed by atoms with Crippen molar-refractivity contribution in [3.63, 3.8) is 0 Å². The number of nitrogens with zero attached hydrogens (tertiary/aromatic N) is 5. The van der Waals surface area contributed by atoms with Gasteiger partial charge < -0.3 is 9.64 Å². The summed E-state index contributed by atoms with van der Waals surface area (Å²) >= 11 is 5.93. The molecule has 24 heavy (non-hydrogen) atoms. The van der Waals surface area contributed by atoms with E-state index < -0.39 is 5.60 Å². The highest BCUT2D eigenvalue weighted by molar-refractivity contribution is 6.29. The molecule has 0 saturated carbocycles. The second-order valence-corrected chi connectivity index (χ2v) is 7.55. The zero-order chi connectivity index (χ0) is 17.3. The average molecular weight is 352 g/mol. The summed E-state index contributed by atoms with van der Waals surface area (Å²) in [6, 6.07) is 0. The largest absolute Gasteiger partial charge is 0.444 e. The Morgan fingerprint density at radius 2 is 2.21 bits per heavy atom. The highest BCUT2D eigenvalue weighted by atomic mass is 35.5. The monoisotopic (exact) mass is 351 g/mol. The van der Waals surface area contributed by atoms with Crippen LogP contribution in [-0.4, -0.2) is 49.4 Å². The van der Waals surface area contributed by atoms with Gasteiger partial charge in [-0.05, 0) is 39.5 Å². The van der Waals surface area contributed by atoms with E-state index in [9.17, 15) is 4.79 Å². The minimum atomic E-state index is -0.478. The van der Waals surface area contributed by atoms with Gasteiger partial charge in [-0.25, -0.2) is 19.4 Å². The van der Waals surface area contributed by atoms with Crippen LogP contribution >= 0.6 is 11.6 Å². The molecule has 1 fully saturated rings. The molecule has 1 aliphatic heterocycles. The summed E-state index contributed by atoms with van der Waals surface area (Å²) in [5, 5.41) is 4.71. The molecule has 0 radical (unpaired) electrons. The first-order valence-electron chi connectivity index (χ1n) is 8.14. The average Bonchev–Trinajstić information content (AvgIpc) is 2.88. The molecule has 1 saturated heterocycles. The van der Waals surface area contributed by atoms with Crippen LogP contribution in [-0.2, 0) is 11.3 Å². The molecule has 8 heteroatoms. The molecule has 0 aliphatic carbocycles. The van der Waals surface area contributed by atoms with Crippen molar-refractivity contribution >= 4 is 28.9 Å². The minimum Gasteiger partial charge on any atom is -0.444 e. The lowest BCUT2D eigenvalue weighted by Gasteiger charge is -2.34. The number of rotatable bonds is 2. The first kappa shape index (κ1) is 17.0. The maximum absolute atomic E-state index is 12.3. The van der Waals surface area contributed by atoms with E-state index in [0.29, 0.717) is 29.8 Å². The van der Waals surface area contributed by atoms with Gasteiger partial charge in [0.05, 0.1) is 12.4 Å². The molecular weight excluding hydrogens is 330 g/mol. The van der Waals surface area contributed by atoms with E-state index >= 15 is 0 Å². The second-order valence-electron chi connectivity index (χ2n) is 7.16. The standard InChI is InChI=1S/C16H22ClN5O2/c1-16(2,3)24-15(23)21-6-4-5-11(9-21)10-22-14-12(7-19-22)18-8-13(17)20-14/h7-8,11H,4-6,9-10H2,1-3H3/t11-/m1/s1. The van der Waals surface area contributed by atoms with E-state index in [1.807, 2.05) is 25.5 Å². The normalized spacial score (nSPS) is 18.8. The Bertz CT molecular complexity index is 740. The fraction of sp³-hybridized carbons (Fsp3) is 0.625. The number of amides is 1. The predicted octanol–water partition coefficient (Wildman–Crippen LogP) is 3.13. The van der Waals surface area contributed by atoms with E-state index in [0.717, 1.165) is 24.9 Å². The maximum Gasteiger partial charge on any atom is 0.410 e. The van der Waals surface area contributed by atoms with Crippen molar-refractivity contribution in [3.05, 3.63) is 17.5 Å². The summed E-state index contributed by atoms with van der Waals surface area (Å²) in [5.41, 5.74) is 0.922. The van der Waals surface area contributed by atoms with Crippen LogP contribution in [0.25, 0.3) is 11.2 Å². The van der Waals surface area contributed by atoms with Crippen LogP contribution in [0.1, 0.15) is 33.6 Å². The number of likely N-dealkylation sites (tertiary alicyclic amines) is 1. The molecule has 3 rings (SSSR count). The number of carbonyl (C=O) groups excluding carboxylic acids is 1. The van der Waals surface area contributed by atoms with Crippen LogP contribution in [0.3, 0.4) is 0 Å². The Morgan fingerprint density at radius 3 is 2.96 bits per heavy atom. The van der Waals surface area contributed by atoms with Crippen LogP contribution in [0.4, 0.5) is 4.79 Å². The third-order valence-electron chi connectivity index (χ3n) is 3.92. The van der Waals surface area contributed by atoms with Gasteiger partial charge in [-0.15, -0.1) is 0 Å². The molecule has 7 nitrogen and oxygen atoms in total. The van der Waals surface area contributed by atoms with Crippen molar-refractivity contribution in [3.8, 4) is 0 Å². The first-order chi connectivity index (χ1) is 11.3. The molecule has 2 aromatic heterocycles. The fourth-order valence-corrected chi connectivity index (χ4v) is 3.04. The third kappa shape index (κ3) is 3.95. The van der Waals surface area contributed by atoms with Crippen LogP contribution in [0.5, 0.6) is 0 Å². The van der Waals surface area contributed by atoms with Crippen molar-refractivity contribution in [1.82, 2.24) is 24.6 Å². The van der Waals surface area contributed by atoms with Gasteiger partial charge in [0.2, 0.25) is 0 Å². The highest BCUT2D eigenvalue weighted by Gasteiger charge is 2.28. The molecule has 0 N–H and O–H groups in total. The van der Waals surface area contributed by atoms with Crippen molar-refractivity contribution in [2.75, 3.05) is 13.1 Å². The topological polar surface area (TPSA) is 73.1 Å². The second kappa shape index (κ2) is 6.55. The number of hydrogen-bond acceptors (Lipinski definition) is 5. The molecule has 3 heterocycles. The van der Waals surface area contributed by atoms with Gasteiger partial charge in [-0.2, -0.15) is 5.10 Å². The Morgan fingerprint density at radius 1 is 1.42 bits per heavy atom. The minimum absolute atomic E-state index is 0.250. The maximum atomic E-state index is 12.3. The molecule has 0 aromatic carbocycles. The van der Waals surface area contributed by atoms with E-state index in [4.69, 9.17) is 16.3 Å². The number of piperidine rings is 1. The number of hydrogen-bond donors (Lipinski definition) is 0. The number of ether oxygens (including phenoxy) is 1. The SMILES string of the molecule is CC(C)(C)OC(=O)N1CCC[C@@H](Cn2ncc3ncc(Cl)nc32)C1. The van der Waals surface area contributed by atoms with Crippen molar-refractivity contribution in [2.45, 2.75) is 45.8 Å². The van der Waals surface area contributed by atoms with Gasteiger partial charge in [0.15, 0.2) is 5.65 Å². The number of halogens is 1. The summed E-state index contributed by atoms with van der Waals surface area (Å²) in [7, 11) is 0. The Balaban J connectivity index is 1.68. The number of carbonyl (C=O) groups is 1. The lowest BCUT2D eigenvalue weighted by molar-refractivity contribution is 0.0156. The van der Waals surface area contributed by atoms with Gasteiger partial charge in [0.1, 0.15) is 16.3 Å². The summed E-state index contributed by atoms with van der Waals surface area (Å²) in [4.78, 5) is 22.6. The van der Waals surface area contributed by atoms with Crippen LogP contribution < -0.4 is 0 Å². The first-order valence-corrected chi connectivity index (χ1v) is 8.51. The predicted molar refractivity (Wildman–Crippen MR) is 90.9 cm³/mol. The zero-order valence-corrected chi connectivity index (χ0v) is 15.0. The third-order valence-corrected chi connectivity index (χ3v) is 4.10. The van der Waals surface area contributed by atoms with Gasteiger partial charge in [-0.3, -0.25) is 0 Å². The summed E-state index contributed by atoms with van der Waals surface area (Å²) in [5.74, 6) is 0.301. The molecule has 130 valence electrons. The van der Waals surface area contributed by atoms with Crippen LogP contribution in [0.2, 0.25) is 5.15 Å². The molecule has 2 aromatic rings. The summed E-state index contributed by atoms with van der Waals surface area (Å²) < 4.78 is 7.29. The van der Waals surface area contributed by atoms with Crippen molar-refractivity contribution in [2.24, 2.45) is 5.92 Å². The van der Waals surface area contributed by atoms with Gasteiger partial charge in [0.25, 0.3) is 0 Å². The fourth-order valence-electron chi connectivity index (χ4n) is 2.91. The van der Waals surface area contributed by atoms with E-state index in [1.54, 1.807) is 11.1 Å². The quantitative estimate of drug-likeness (QED) is 0.831. The molecule has 1 atom stereocenters. The Labute approximate surface area is 146 Å². The number of aromatic nitrogens is 4. The van der Waals surface area contributed by atoms with E-state index in [2.05, 4.69) is 15.1 Å². The smallest absolute Gasteiger partial charge is 0.410 e. The molecule has 0 unspecified atom stereocenters. The summed E-state index contributed by atoms with van der Waals surface area (Å²) in [6.45, 7) is 7.71. The summed E-state index contributed by atoms with van der Waals surface area (Å²) in [6.07, 6.45) is 4.94. The van der Waals surface area contributed by atoms with Crippen molar-refractivity contribution < 1.29 is 9.53 Å². The molecule has 0 spiro atoms. The highest BCUT2D eigenvalue weighted by Crippen LogP contribution is 2.22. The number of fused-ring (bicyclic) bond motifs is 1. The van der Waals surface area contributed by atoms with Gasteiger partial charge >= 0.3 is 6.09 Å². The van der Waals surface area contributed by atoms with Crippen molar-refractivity contribution in [1.29, 1.82) is 0 Å². The lowest BCUT2D eigenvalue weighted by atomic mass is 9.98. The van der Waals surface area contributed by atoms with E-state index in [-0.39, 0.29) is 6.09 Å². The zero-order valence-electron chi connectivity index (χ0n) is 14.2. The molecule has 0 bridgehead atoms. The van der Waals surface area contributed by atoms with Crippen LogP contribution in [0.15, 0.2) is 12.4 Å². The van der Waals surface area contributed by atoms with E-state index in [1.165, 1.54) is 6.20 Å². The lowest BCUT2D eigenvalue weighted by Crippen LogP contribution is -2.43. The van der Waals surface area contributed by atoms with Gasteiger partial charge in [-0.1, -0.05) is 11.6 Å².